The third kappa shape index (κ3) is 4.84. The van der Waals surface area contributed by atoms with Gasteiger partial charge in [0.2, 0.25) is 10.3 Å². The minimum absolute atomic E-state index is 0.647. The van der Waals surface area contributed by atoms with Gasteiger partial charge >= 0.3 is 0 Å². The van der Waals surface area contributed by atoms with Crippen molar-refractivity contribution < 1.29 is 0 Å². The molecule has 0 bridgehead atoms. The lowest BCUT2D eigenvalue weighted by Gasteiger charge is -1.95. The number of thioether (sulfide) groups is 2. The van der Waals surface area contributed by atoms with E-state index in [1.807, 2.05) is 60.7 Å². The maximum Gasteiger partial charge on any atom is 0.231 e. The fourth-order valence-corrected chi connectivity index (χ4v) is 3.46. The lowest BCUT2D eigenvalue weighted by molar-refractivity contribution is 0.717. The Bertz CT molecular complexity index is 946. The quantitative estimate of drug-likeness (QED) is 0.325. The molecule has 8 nitrogen and oxygen atoms in total. The number of tetrazole rings is 2. The molecule has 0 fully saturated rings. The number of para-hydroxylation sites is 2. The molecule has 0 atom stereocenters. The molecule has 0 aliphatic carbocycles. The van der Waals surface area contributed by atoms with E-state index in [4.69, 9.17) is 0 Å². The van der Waals surface area contributed by atoms with Crippen LogP contribution in [-0.4, -0.2) is 51.9 Å². The molecule has 0 radical (unpaired) electrons. The van der Waals surface area contributed by atoms with E-state index in [0.717, 1.165) is 22.9 Å². The van der Waals surface area contributed by atoms with E-state index < -0.39 is 0 Å². The maximum atomic E-state index is 4.36. The van der Waals surface area contributed by atoms with Crippen molar-refractivity contribution in [1.29, 1.82) is 0 Å². The zero-order valence-electron chi connectivity index (χ0n) is 14.7. The van der Waals surface area contributed by atoms with Gasteiger partial charge in [0, 0.05) is 11.5 Å². The predicted octanol–water partition coefficient (Wildman–Crippen LogP) is 3.08. The van der Waals surface area contributed by atoms with Crippen LogP contribution in [0.15, 0.2) is 83.1 Å². The molecule has 0 amide bonds. The van der Waals surface area contributed by atoms with Gasteiger partial charge in [-0.1, -0.05) is 72.1 Å². The zero-order chi connectivity index (χ0) is 19.0. The lowest BCUT2D eigenvalue weighted by Crippen LogP contribution is -1.98. The summed E-state index contributed by atoms with van der Waals surface area (Å²) >= 11 is 3.07. The Morgan fingerprint density at radius 1 is 0.643 bits per heavy atom. The summed E-state index contributed by atoms with van der Waals surface area (Å²) < 4.78 is 0. The van der Waals surface area contributed by atoms with Crippen LogP contribution in [-0.2, 0) is 0 Å². The average Bonchev–Trinajstić information content (AvgIpc) is 3.42. The normalized spacial score (nSPS) is 11.3. The van der Waals surface area contributed by atoms with Crippen molar-refractivity contribution >= 4 is 23.5 Å². The van der Waals surface area contributed by atoms with Gasteiger partial charge in [0.15, 0.2) is 0 Å². The first-order valence-corrected chi connectivity index (χ1v) is 10.5. The van der Waals surface area contributed by atoms with Crippen LogP contribution in [0.4, 0.5) is 0 Å². The first-order valence-electron chi connectivity index (χ1n) is 8.50. The zero-order valence-corrected chi connectivity index (χ0v) is 16.4. The Hall–Kier alpha value is -2.98. The third-order valence-corrected chi connectivity index (χ3v) is 5.11. The molecule has 0 N–H and O–H groups in total. The van der Waals surface area contributed by atoms with Crippen LogP contribution >= 0.6 is 23.5 Å². The SMILES string of the molecule is C(=C/CSc1nnn(-c2ccccc2)n1)/CSc1nnn(-c2ccccc2)n1. The van der Waals surface area contributed by atoms with E-state index >= 15 is 0 Å². The molecule has 2 aromatic heterocycles. The summed E-state index contributed by atoms with van der Waals surface area (Å²) in [6.45, 7) is 0. The van der Waals surface area contributed by atoms with Crippen LogP contribution in [0.1, 0.15) is 0 Å². The van der Waals surface area contributed by atoms with Crippen LogP contribution in [0.25, 0.3) is 11.4 Å². The second kappa shape index (κ2) is 9.29. The topological polar surface area (TPSA) is 87.2 Å². The van der Waals surface area contributed by atoms with Crippen molar-refractivity contribution in [3.63, 3.8) is 0 Å². The van der Waals surface area contributed by atoms with E-state index in [9.17, 15) is 0 Å². The number of aromatic nitrogens is 8. The Kier molecular flexibility index (Phi) is 6.10. The molecule has 28 heavy (non-hydrogen) atoms. The number of hydrogen-bond acceptors (Lipinski definition) is 8. The van der Waals surface area contributed by atoms with Crippen molar-refractivity contribution in [1.82, 2.24) is 40.4 Å². The highest BCUT2D eigenvalue weighted by molar-refractivity contribution is 7.99. The molecule has 0 spiro atoms. The number of benzene rings is 2. The van der Waals surface area contributed by atoms with Gasteiger partial charge in [-0.05, 0) is 34.7 Å². The monoisotopic (exact) mass is 408 g/mol. The first kappa shape index (κ1) is 18.4. The molecule has 0 unspecified atom stereocenters. The van der Waals surface area contributed by atoms with Gasteiger partial charge in [-0.3, -0.25) is 0 Å². The van der Waals surface area contributed by atoms with E-state index in [1.54, 1.807) is 0 Å². The number of nitrogens with zero attached hydrogens (tertiary/aromatic N) is 8. The van der Waals surface area contributed by atoms with Gasteiger partial charge in [0.25, 0.3) is 0 Å². The van der Waals surface area contributed by atoms with Crippen LogP contribution < -0.4 is 0 Å². The van der Waals surface area contributed by atoms with Crippen molar-refractivity contribution in [2.75, 3.05) is 11.5 Å². The average molecular weight is 409 g/mol. The largest absolute Gasteiger partial charge is 0.231 e. The van der Waals surface area contributed by atoms with E-state index in [2.05, 4.69) is 43.0 Å². The number of rotatable bonds is 8. The maximum absolute atomic E-state index is 4.36. The molecule has 0 saturated heterocycles. The molecular formula is C18H16N8S2. The molecular weight excluding hydrogens is 392 g/mol. The standard InChI is InChI=1S/C18H16N8S2/c1-3-9-15(10-4-1)25-21-17(19-23-25)27-13-7-8-14-28-18-20-24-26(22-18)16-11-5-2-6-12-16/h1-12H,13-14H2/b8-7-. The van der Waals surface area contributed by atoms with Gasteiger partial charge in [0.1, 0.15) is 0 Å². The summed E-state index contributed by atoms with van der Waals surface area (Å²) in [7, 11) is 0. The summed E-state index contributed by atoms with van der Waals surface area (Å²) in [4.78, 5) is 3.06. The molecule has 140 valence electrons. The van der Waals surface area contributed by atoms with Crippen LogP contribution in [0.5, 0.6) is 0 Å². The fourth-order valence-electron chi connectivity index (χ4n) is 2.24. The molecule has 4 rings (SSSR count). The third-order valence-electron chi connectivity index (χ3n) is 3.55. The Morgan fingerprint density at radius 2 is 1.07 bits per heavy atom. The molecule has 0 aliphatic rings. The van der Waals surface area contributed by atoms with Gasteiger partial charge in [-0.25, -0.2) is 0 Å². The van der Waals surface area contributed by atoms with E-state index in [1.165, 1.54) is 33.1 Å². The predicted molar refractivity (Wildman–Crippen MR) is 109 cm³/mol. The highest BCUT2D eigenvalue weighted by atomic mass is 32.2. The second-order valence-electron chi connectivity index (χ2n) is 5.49. The minimum Gasteiger partial charge on any atom is -0.130 e. The van der Waals surface area contributed by atoms with Crippen LogP contribution in [0.3, 0.4) is 0 Å². The van der Waals surface area contributed by atoms with Gasteiger partial charge in [-0.2, -0.15) is 0 Å². The van der Waals surface area contributed by atoms with Crippen molar-refractivity contribution in [2.24, 2.45) is 0 Å². The van der Waals surface area contributed by atoms with Crippen LogP contribution in [0.2, 0.25) is 0 Å². The molecule has 2 heterocycles. The fraction of sp³-hybridized carbons (Fsp3) is 0.111. The number of hydrogen-bond donors (Lipinski definition) is 0. The highest BCUT2D eigenvalue weighted by Gasteiger charge is 2.05. The smallest absolute Gasteiger partial charge is 0.130 e. The van der Waals surface area contributed by atoms with Gasteiger partial charge < -0.3 is 0 Å². The Labute approximate surface area is 170 Å². The van der Waals surface area contributed by atoms with Crippen molar-refractivity contribution in [2.45, 2.75) is 10.3 Å². The molecule has 10 heteroatoms. The second-order valence-corrected chi connectivity index (χ2v) is 7.46. The summed E-state index contributed by atoms with van der Waals surface area (Å²) in [5, 5.41) is 26.3. The van der Waals surface area contributed by atoms with Gasteiger partial charge in [-0.15, -0.1) is 30.0 Å². The molecule has 0 aliphatic heterocycles. The first-order chi connectivity index (χ1) is 13.9. The summed E-state index contributed by atoms with van der Waals surface area (Å²) in [6, 6.07) is 19.4. The van der Waals surface area contributed by atoms with Gasteiger partial charge in [0.05, 0.1) is 11.4 Å². The lowest BCUT2D eigenvalue weighted by atomic mass is 10.3. The summed E-state index contributed by atoms with van der Waals surface area (Å²) in [5.41, 5.74) is 1.79. The Balaban J connectivity index is 1.21. The summed E-state index contributed by atoms with van der Waals surface area (Å²) in [5.74, 6) is 1.54. The minimum atomic E-state index is 0.647. The Morgan fingerprint density at radius 3 is 1.50 bits per heavy atom. The highest BCUT2D eigenvalue weighted by Crippen LogP contribution is 2.15. The van der Waals surface area contributed by atoms with E-state index in [0.29, 0.717) is 10.3 Å². The molecule has 0 saturated carbocycles. The van der Waals surface area contributed by atoms with Crippen molar-refractivity contribution in [3.05, 3.63) is 72.8 Å². The van der Waals surface area contributed by atoms with Crippen molar-refractivity contribution in [3.8, 4) is 11.4 Å². The van der Waals surface area contributed by atoms with Crippen LogP contribution in [0, 0.1) is 0 Å². The molecule has 4 aromatic rings. The van der Waals surface area contributed by atoms with E-state index in [-0.39, 0.29) is 0 Å². The molecule has 2 aromatic carbocycles. The summed E-state index contributed by atoms with van der Waals surface area (Å²) in [6.07, 6.45) is 4.14.